The Hall–Kier alpha value is -1.73. The van der Waals surface area contributed by atoms with Gasteiger partial charge in [-0.3, -0.25) is 0 Å². The summed E-state index contributed by atoms with van der Waals surface area (Å²) in [4.78, 5) is 10.7. The van der Waals surface area contributed by atoms with Crippen LogP contribution in [0.4, 0.5) is 0 Å². The summed E-state index contributed by atoms with van der Waals surface area (Å²) in [5.41, 5.74) is -0.0423. The molecule has 1 rings (SSSR count). The van der Waals surface area contributed by atoms with Crippen molar-refractivity contribution in [3.8, 4) is 11.8 Å². The van der Waals surface area contributed by atoms with Gasteiger partial charge in [-0.05, 0) is 19.1 Å². The van der Waals surface area contributed by atoms with Gasteiger partial charge in [0.1, 0.15) is 11.8 Å². The van der Waals surface area contributed by atoms with E-state index in [0.717, 1.165) is 0 Å². The fourth-order valence-electron chi connectivity index (χ4n) is 0.984. The first-order chi connectivity index (χ1) is 7.06. The minimum atomic E-state index is -1.13. The quantitative estimate of drug-likeness (QED) is 0.857. The van der Waals surface area contributed by atoms with E-state index >= 15 is 0 Å². The fourth-order valence-corrected chi connectivity index (χ4v) is 1.24. The highest BCUT2D eigenvalue weighted by atomic mass is 35.5. The van der Waals surface area contributed by atoms with Crippen LogP contribution in [0.1, 0.15) is 17.3 Å². The average molecular weight is 226 g/mol. The highest BCUT2D eigenvalue weighted by molar-refractivity contribution is 6.34. The Morgan fingerprint density at radius 1 is 1.67 bits per heavy atom. The molecule has 0 heterocycles. The van der Waals surface area contributed by atoms with E-state index in [1.54, 1.807) is 6.92 Å². The Bertz CT molecular complexity index is 425. The van der Waals surface area contributed by atoms with E-state index in [9.17, 15) is 4.79 Å². The molecule has 15 heavy (non-hydrogen) atoms. The number of carboxylic acid groups (broad SMARTS) is 1. The first-order valence-electron chi connectivity index (χ1n) is 4.14. The lowest BCUT2D eigenvalue weighted by Crippen LogP contribution is -2.09. The van der Waals surface area contributed by atoms with Crippen molar-refractivity contribution in [1.82, 2.24) is 0 Å². The minimum Gasteiger partial charge on any atom is -0.478 e. The Labute approximate surface area is 91.7 Å². The minimum absolute atomic E-state index is 0.00657. The van der Waals surface area contributed by atoms with Crippen molar-refractivity contribution in [3.63, 3.8) is 0 Å². The maximum absolute atomic E-state index is 10.7. The molecule has 1 aromatic rings. The summed E-state index contributed by atoms with van der Waals surface area (Å²) in [6.07, 6.45) is -0.674. The van der Waals surface area contributed by atoms with E-state index in [1.807, 2.05) is 6.07 Å². The van der Waals surface area contributed by atoms with Crippen LogP contribution in [0.25, 0.3) is 0 Å². The van der Waals surface area contributed by atoms with Crippen molar-refractivity contribution >= 4 is 17.6 Å². The summed E-state index contributed by atoms with van der Waals surface area (Å²) in [5.74, 6) is -0.930. The standard InChI is InChI=1S/C10H8ClNO3/c1-6(5-12)15-8-4-2-3-7(9(8)11)10(13)14/h2-4,6H,1H3,(H,13,14). The van der Waals surface area contributed by atoms with Crippen LogP contribution in [0.3, 0.4) is 0 Å². The van der Waals surface area contributed by atoms with Gasteiger partial charge in [-0.25, -0.2) is 4.79 Å². The van der Waals surface area contributed by atoms with Gasteiger partial charge in [0.2, 0.25) is 0 Å². The first kappa shape index (κ1) is 11.3. The van der Waals surface area contributed by atoms with Crippen LogP contribution in [-0.4, -0.2) is 17.2 Å². The summed E-state index contributed by atoms with van der Waals surface area (Å²) in [6.45, 7) is 1.55. The van der Waals surface area contributed by atoms with Crippen LogP contribution in [0, 0.1) is 11.3 Å². The smallest absolute Gasteiger partial charge is 0.337 e. The maximum Gasteiger partial charge on any atom is 0.337 e. The van der Waals surface area contributed by atoms with E-state index < -0.39 is 12.1 Å². The highest BCUT2D eigenvalue weighted by Crippen LogP contribution is 2.28. The summed E-state index contributed by atoms with van der Waals surface area (Å²) in [6, 6.07) is 6.26. The van der Waals surface area contributed by atoms with Gasteiger partial charge >= 0.3 is 5.97 Å². The molecule has 1 N–H and O–H groups in total. The molecule has 1 unspecified atom stereocenters. The van der Waals surface area contributed by atoms with Gasteiger partial charge in [0.25, 0.3) is 0 Å². The van der Waals surface area contributed by atoms with E-state index in [2.05, 4.69) is 0 Å². The maximum atomic E-state index is 10.7. The van der Waals surface area contributed by atoms with Crippen LogP contribution in [0.2, 0.25) is 5.02 Å². The Morgan fingerprint density at radius 3 is 2.87 bits per heavy atom. The molecule has 4 nitrogen and oxygen atoms in total. The SMILES string of the molecule is CC(C#N)Oc1cccc(C(=O)O)c1Cl. The molecular weight excluding hydrogens is 218 g/mol. The van der Waals surface area contributed by atoms with E-state index in [0.29, 0.717) is 0 Å². The van der Waals surface area contributed by atoms with Crippen LogP contribution in [0.5, 0.6) is 5.75 Å². The summed E-state index contributed by atoms with van der Waals surface area (Å²) in [7, 11) is 0. The molecule has 0 bridgehead atoms. The molecule has 5 heteroatoms. The lowest BCUT2D eigenvalue weighted by molar-refractivity contribution is 0.0696. The number of rotatable bonds is 3. The van der Waals surface area contributed by atoms with Crippen LogP contribution in [0.15, 0.2) is 18.2 Å². The van der Waals surface area contributed by atoms with Gasteiger partial charge in [-0.2, -0.15) is 5.26 Å². The van der Waals surface area contributed by atoms with Crippen molar-refractivity contribution < 1.29 is 14.6 Å². The molecule has 0 saturated carbocycles. The lowest BCUT2D eigenvalue weighted by atomic mass is 10.2. The predicted molar refractivity (Wildman–Crippen MR) is 54.1 cm³/mol. The molecule has 78 valence electrons. The fraction of sp³-hybridized carbons (Fsp3) is 0.200. The van der Waals surface area contributed by atoms with Crippen molar-refractivity contribution in [2.24, 2.45) is 0 Å². The third-order valence-electron chi connectivity index (χ3n) is 1.68. The Kier molecular flexibility index (Phi) is 3.53. The van der Waals surface area contributed by atoms with E-state index in [4.69, 9.17) is 26.7 Å². The van der Waals surface area contributed by atoms with Gasteiger partial charge in [0.15, 0.2) is 6.10 Å². The normalized spacial score (nSPS) is 11.5. The molecule has 0 aliphatic carbocycles. The van der Waals surface area contributed by atoms with Crippen molar-refractivity contribution in [3.05, 3.63) is 28.8 Å². The van der Waals surface area contributed by atoms with Crippen LogP contribution < -0.4 is 4.74 Å². The highest BCUT2D eigenvalue weighted by Gasteiger charge is 2.14. The Balaban J connectivity index is 3.06. The summed E-state index contributed by atoms with van der Waals surface area (Å²) < 4.78 is 5.13. The van der Waals surface area contributed by atoms with Crippen LogP contribution in [-0.2, 0) is 0 Å². The molecular formula is C10H8ClNO3. The van der Waals surface area contributed by atoms with E-state index in [1.165, 1.54) is 18.2 Å². The van der Waals surface area contributed by atoms with Gasteiger partial charge in [-0.1, -0.05) is 17.7 Å². The Morgan fingerprint density at radius 2 is 2.33 bits per heavy atom. The number of benzene rings is 1. The van der Waals surface area contributed by atoms with Crippen molar-refractivity contribution in [2.45, 2.75) is 13.0 Å². The number of hydrogen-bond acceptors (Lipinski definition) is 3. The molecule has 1 aromatic carbocycles. The zero-order valence-corrected chi connectivity index (χ0v) is 8.65. The van der Waals surface area contributed by atoms with Crippen molar-refractivity contribution in [1.29, 1.82) is 5.26 Å². The zero-order valence-electron chi connectivity index (χ0n) is 7.90. The lowest BCUT2D eigenvalue weighted by Gasteiger charge is -2.10. The summed E-state index contributed by atoms with van der Waals surface area (Å²) in [5, 5.41) is 17.3. The second-order valence-electron chi connectivity index (χ2n) is 2.81. The number of carboxylic acids is 1. The first-order valence-corrected chi connectivity index (χ1v) is 4.52. The third kappa shape index (κ3) is 2.61. The molecule has 1 atom stereocenters. The molecule has 0 amide bonds. The van der Waals surface area contributed by atoms with E-state index in [-0.39, 0.29) is 16.3 Å². The van der Waals surface area contributed by atoms with Crippen LogP contribution >= 0.6 is 11.6 Å². The largest absolute Gasteiger partial charge is 0.478 e. The second kappa shape index (κ2) is 4.67. The summed E-state index contributed by atoms with van der Waals surface area (Å²) >= 11 is 5.79. The monoisotopic (exact) mass is 225 g/mol. The molecule has 0 aliphatic heterocycles. The molecule has 0 aliphatic rings. The van der Waals surface area contributed by atoms with Gasteiger partial charge in [-0.15, -0.1) is 0 Å². The molecule has 0 aromatic heterocycles. The van der Waals surface area contributed by atoms with Gasteiger partial charge in [0, 0.05) is 0 Å². The number of aromatic carboxylic acids is 1. The number of nitriles is 1. The molecule has 0 radical (unpaired) electrons. The number of hydrogen-bond donors (Lipinski definition) is 1. The zero-order chi connectivity index (χ0) is 11.4. The molecule has 0 saturated heterocycles. The number of carbonyl (C=O) groups is 1. The van der Waals surface area contributed by atoms with Gasteiger partial charge in [0.05, 0.1) is 10.6 Å². The third-order valence-corrected chi connectivity index (χ3v) is 2.07. The van der Waals surface area contributed by atoms with Crippen molar-refractivity contribution in [2.75, 3.05) is 0 Å². The molecule has 0 fully saturated rings. The average Bonchev–Trinajstić information content (AvgIpc) is 2.20. The number of nitrogens with zero attached hydrogens (tertiary/aromatic N) is 1. The number of ether oxygens (including phenoxy) is 1. The number of halogens is 1. The van der Waals surface area contributed by atoms with Gasteiger partial charge < -0.3 is 9.84 Å². The molecule has 0 spiro atoms. The second-order valence-corrected chi connectivity index (χ2v) is 3.19. The predicted octanol–water partition coefficient (Wildman–Crippen LogP) is 2.33. The topological polar surface area (TPSA) is 70.3 Å².